The molecule has 2 saturated carbocycles. The number of nitrogens with one attached hydrogen (secondary N) is 1. The molecule has 0 aromatic carbocycles. The minimum atomic E-state index is -0.536. The molecule has 0 saturated heterocycles. The van der Waals surface area contributed by atoms with Crippen molar-refractivity contribution in [2.24, 2.45) is 13.0 Å². The van der Waals surface area contributed by atoms with Crippen molar-refractivity contribution in [2.75, 3.05) is 0 Å². The second kappa shape index (κ2) is 6.56. The Balaban J connectivity index is 1.60. The van der Waals surface area contributed by atoms with Gasteiger partial charge in [-0.25, -0.2) is 9.67 Å². The van der Waals surface area contributed by atoms with Crippen LogP contribution in [0.1, 0.15) is 67.3 Å². The van der Waals surface area contributed by atoms with E-state index in [1.54, 1.807) is 28.7 Å². The molecule has 136 valence electrons. The minimum Gasteiger partial charge on any atom is -0.341 e. The van der Waals surface area contributed by atoms with Gasteiger partial charge < -0.3 is 9.88 Å². The molecule has 26 heavy (non-hydrogen) atoms. The third-order valence-electron chi connectivity index (χ3n) is 5.63. The zero-order valence-electron chi connectivity index (χ0n) is 14.9. The van der Waals surface area contributed by atoms with Crippen LogP contribution in [0.2, 0.25) is 0 Å². The van der Waals surface area contributed by atoms with Gasteiger partial charge in [0.05, 0.1) is 18.3 Å². The summed E-state index contributed by atoms with van der Waals surface area (Å²) in [4.78, 5) is 16.9. The molecule has 2 aliphatic carbocycles. The molecule has 0 aliphatic heterocycles. The number of carbonyl (C=O) groups excluding carboxylic acids is 1. The van der Waals surface area contributed by atoms with E-state index in [9.17, 15) is 10.1 Å². The van der Waals surface area contributed by atoms with Crippen LogP contribution in [0.15, 0.2) is 18.6 Å². The molecule has 2 aromatic heterocycles. The Kier molecular flexibility index (Phi) is 4.23. The smallest absolute Gasteiger partial charge is 0.287 e. The van der Waals surface area contributed by atoms with Crippen LogP contribution < -0.4 is 5.32 Å². The van der Waals surface area contributed by atoms with Crippen LogP contribution in [-0.2, 0) is 12.6 Å². The van der Waals surface area contributed by atoms with E-state index in [1.165, 1.54) is 6.42 Å². The summed E-state index contributed by atoms with van der Waals surface area (Å²) in [6.07, 6.45) is 12.5. The summed E-state index contributed by atoms with van der Waals surface area (Å²) >= 11 is 0. The van der Waals surface area contributed by atoms with Gasteiger partial charge in [-0.1, -0.05) is 24.5 Å². The van der Waals surface area contributed by atoms with Crippen LogP contribution in [0.4, 0.5) is 0 Å². The molecule has 1 N–H and O–H groups in total. The summed E-state index contributed by atoms with van der Waals surface area (Å²) in [5.41, 5.74) is 0.201. The SMILES string of the molecule is Cn1ccnc1C(=O)N[C@H](c1cn(C2(C#N)CC2)nn1)C1CCCCC1. The van der Waals surface area contributed by atoms with Gasteiger partial charge in [-0.05, 0) is 31.6 Å². The quantitative estimate of drug-likeness (QED) is 0.887. The molecule has 0 spiro atoms. The molecule has 0 bridgehead atoms. The number of hydrogen-bond acceptors (Lipinski definition) is 5. The molecule has 8 heteroatoms. The minimum absolute atomic E-state index is 0.205. The highest BCUT2D eigenvalue weighted by molar-refractivity contribution is 5.91. The van der Waals surface area contributed by atoms with E-state index >= 15 is 0 Å². The molecular weight excluding hydrogens is 330 g/mol. The first-order chi connectivity index (χ1) is 12.6. The van der Waals surface area contributed by atoms with E-state index in [0.717, 1.165) is 44.2 Å². The van der Waals surface area contributed by atoms with Crippen LogP contribution in [0.3, 0.4) is 0 Å². The van der Waals surface area contributed by atoms with Gasteiger partial charge in [-0.3, -0.25) is 4.79 Å². The first kappa shape index (κ1) is 16.8. The van der Waals surface area contributed by atoms with Gasteiger partial charge >= 0.3 is 0 Å². The van der Waals surface area contributed by atoms with Crippen LogP contribution in [-0.4, -0.2) is 30.5 Å². The third-order valence-corrected chi connectivity index (χ3v) is 5.63. The van der Waals surface area contributed by atoms with Crippen molar-refractivity contribution >= 4 is 5.91 Å². The van der Waals surface area contributed by atoms with Gasteiger partial charge in [0.2, 0.25) is 0 Å². The Morgan fingerprint density at radius 1 is 1.38 bits per heavy atom. The lowest BCUT2D eigenvalue weighted by molar-refractivity contribution is 0.0897. The number of carbonyl (C=O) groups is 1. The molecule has 8 nitrogen and oxygen atoms in total. The Morgan fingerprint density at radius 2 is 2.15 bits per heavy atom. The average Bonchev–Trinajstić information content (AvgIpc) is 3.09. The lowest BCUT2D eigenvalue weighted by Gasteiger charge is -2.29. The largest absolute Gasteiger partial charge is 0.341 e. The van der Waals surface area contributed by atoms with Crippen molar-refractivity contribution in [3.05, 3.63) is 30.1 Å². The van der Waals surface area contributed by atoms with Crippen molar-refractivity contribution in [3.63, 3.8) is 0 Å². The van der Waals surface area contributed by atoms with E-state index in [4.69, 9.17) is 0 Å². The number of rotatable bonds is 5. The Bertz CT molecular complexity index is 836. The normalized spacial score (nSPS) is 20.3. The summed E-state index contributed by atoms with van der Waals surface area (Å²) in [6.45, 7) is 0. The van der Waals surface area contributed by atoms with Gasteiger partial charge in [0.25, 0.3) is 5.91 Å². The fourth-order valence-corrected chi connectivity index (χ4v) is 3.83. The van der Waals surface area contributed by atoms with Crippen molar-refractivity contribution in [1.82, 2.24) is 29.9 Å². The molecule has 2 heterocycles. The summed E-state index contributed by atoms with van der Waals surface area (Å²) in [7, 11) is 1.80. The summed E-state index contributed by atoms with van der Waals surface area (Å²) in [6, 6.07) is 2.13. The lowest BCUT2D eigenvalue weighted by atomic mass is 9.82. The van der Waals surface area contributed by atoms with Gasteiger partial charge in [-0.15, -0.1) is 5.10 Å². The van der Waals surface area contributed by atoms with Crippen LogP contribution in [0.5, 0.6) is 0 Å². The highest BCUT2D eigenvalue weighted by Gasteiger charge is 2.47. The van der Waals surface area contributed by atoms with Crippen LogP contribution in [0, 0.1) is 17.2 Å². The molecule has 1 atom stereocenters. The van der Waals surface area contributed by atoms with E-state index < -0.39 is 5.54 Å². The molecule has 2 aromatic rings. The van der Waals surface area contributed by atoms with Gasteiger partial charge in [0.15, 0.2) is 11.4 Å². The molecule has 0 radical (unpaired) electrons. The second-order valence-corrected chi connectivity index (χ2v) is 7.44. The van der Waals surface area contributed by atoms with Crippen LogP contribution in [0.25, 0.3) is 0 Å². The predicted molar refractivity (Wildman–Crippen MR) is 92.8 cm³/mol. The number of hydrogen-bond donors (Lipinski definition) is 1. The lowest BCUT2D eigenvalue weighted by Crippen LogP contribution is -2.36. The van der Waals surface area contributed by atoms with Gasteiger partial charge in [0.1, 0.15) is 5.69 Å². The maximum Gasteiger partial charge on any atom is 0.287 e. The van der Waals surface area contributed by atoms with Crippen molar-refractivity contribution in [1.29, 1.82) is 5.26 Å². The molecule has 1 amide bonds. The molecular formula is C18H23N7O. The first-order valence-corrected chi connectivity index (χ1v) is 9.25. The van der Waals surface area contributed by atoms with Gasteiger partial charge in [0, 0.05) is 19.4 Å². The summed E-state index contributed by atoms with van der Waals surface area (Å²) < 4.78 is 3.38. The predicted octanol–water partition coefficient (Wildman–Crippen LogP) is 2.08. The highest BCUT2D eigenvalue weighted by Crippen LogP contribution is 2.42. The summed E-state index contributed by atoms with van der Waals surface area (Å²) in [5.74, 6) is 0.508. The van der Waals surface area contributed by atoms with E-state index in [-0.39, 0.29) is 11.9 Å². The standard InChI is InChI=1S/C18H23N7O/c1-24-10-9-20-16(24)17(26)21-15(13-5-3-2-4-6-13)14-11-25(23-22-14)18(12-19)7-8-18/h9-11,13,15H,2-8H2,1H3,(H,21,26)/t15-/m0/s1. The van der Waals surface area contributed by atoms with E-state index in [2.05, 4.69) is 26.7 Å². The van der Waals surface area contributed by atoms with Gasteiger partial charge in [-0.2, -0.15) is 5.26 Å². The number of nitriles is 1. The van der Waals surface area contributed by atoms with E-state index in [1.807, 2.05) is 6.20 Å². The second-order valence-electron chi connectivity index (χ2n) is 7.44. The van der Waals surface area contributed by atoms with Crippen molar-refractivity contribution < 1.29 is 4.79 Å². The maximum absolute atomic E-state index is 12.7. The first-order valence-electron chi connectivity index (χ1n) is 9.25. The molecule has 4 rings (SSSR count). The Hall–Kier alpha value is -2.69. The monoisotopic (exact) mass is 353 g/mol. The van der Waals surface area contributed by atoms with Crippen molar-refractivity contribution in [3.8, 4) is 6.07 Å². The topological polar surface area (TPSA) is 101 Å². The summed E-state index contributed by atoms with van der Waals surface area (Å²) in [5, 5.41) is 21.0. The Labute approximate surface area is 152 Å². The van der Waals surface area contributed by atoms with Crippen molar-refractivity contribution in [2.45, 2.75) is 56.5 Å². The molecule has 2 fully saturated rings. The highest BCUT2D eigenvalue weighted by atomic mass is 16.2. The van der Waals surface area contributed by atoms with Crippen LogP contribution >= 0.6 is 0 Å². The fourth-order valence-electron chi connectivity index (χ4n) is 3.83. The Morgan fingerprint density at radius 3 is 2.77 bits per heavy atom. The van der Waals surface area contributed by atoms with E-state index in [0.29, 0.717) is 11.7 Å². The fraction of sp³-hybridized carbons (Fsp3) is 0.611. The number of amides is 1. The number of imidazole rings is 1. The number of nitrogens with zero attached hydrogens (tertiary/aromatic N) is 6. The molecule has 0 unspecified atom stereocenters. The third kappa shape index (κ3) is 2.98. The molecule has 2 aliphatic rings. The zero-order chi connectivity index (χ0) is 18.1. The number of aryl methyl sites for hydroxylation is 1. The zero-order valence-corrected chi connectivity index (χ0v) is 14.9. The maximum atomic E-state index is 12.7. The average molecular weight is 353 g/mol. The number of aromatic nitrogens is 5.